The number of benzene rings is 1. The van der Waals surface area contributed by atoms with Crippen LogP contribution in [-0.2, 0) is 0 Å². The SMILES string of the molecule is Cc1oc(C)c(C(=O)c2cc(Cl)ccc2Cl)c1C. The number of hydrogen-bond acceptors (Lipinski definition) is 2. The molecule has 1 heterocycles. The molecule has 1 aromatic heterocycles. The minimum atomic E-state index is -0.158. The first-order valence-electron chi connectivity index (χ1n) is 5.48. The van der Waals surface area contributed by atoms with Gasteiger partial charge < -0.3 is 4.42 Å². The summed E-state index contributed by atoms with van der Waals surface area (Å²) < 4.78 is 5.46. The molecule has 4 heteroatoms. The highest BCUT2D eigenvalue weighted by Crippen LogP contribution is 2.28. The summed E-state index contributed by atoms with van der Waals surface area (Å²) in [6, 6.07) is 4.85. The predicted molar refractivity (Wildman–Crippen MR) is 72.8 cm³/mol. The topological polar surface area (TPSA) is 30.2 Å². The zero-order chi connectivity index (χ0) is 13.4. The summed E-state index contributed by atoms with van der Waals surface area (Å²) in [6.07, 6.45) is 0. The second-order valence-corrected chi connectivity index (χ2v) is 5.01. The van der Waals surface area contributed by atoms with Crippen LogP contribution in [0.15, 0.2) is 22.6 Å². The van der Waals surface area contributed by atoms with E-state index >= 15 is 0 Å². The summed E-state index contributed by atoms with van der Waals surface area (Å²) in [6.45, 7) is 5.46. The van der Waals surface area contributed by atoms with Gasteiger partial charge in [-0.2, -0.15) is 0 Å². The molecule has 0 radical (unpaired) electrons. The van der Waals surface area contributed by atoms with Crippen molar-refractivity contribution in [2.24, 2.45) is 0 Å². The minimum Gasteiger partial charge on any atom is -0.466 e. The first kappa shape index (κ1) is 13.2. The van der Waals surface area contributed by atoms with Crippen LogP contribution in [0.4, 0.5) is 0 Å². The molecule has 0 unspecified atom stereocenters. The van der Waals surface area contributed by atoms with E-state index in [0.717, 1.165) is 11.3 Å². The molecule has 0 bridgehead atoms. The van der Waals surface area contributed by atoms with Crippen LogP contribution in [0.25, 0.3) is 0 Å². The maximum absolute atomic E-state index is 12.5. The Morgan fingerprint density at radius 1 is 1.11 bits per heavy atom. The molecule has 0 aliphatic rings. The summed E-state index contributed by atoms with van der Waals surface area (Å²) in [4.78, 5) is 12.5. The first-order chi connectivity index (χ1) is 8.41. The maximum atomic E-state index is 12.5. The Labute approximate surface area is 116 Å². The molecule has 0 fully saturated rings. The van der Waals surface area contributed by atoms with Crippen LogP contribution in [0.3, 0.4) is 0 Å². The molecule has 2 rings (SSSR count). The van der Waals surface area contributed by atoms with Crippen molar-refractivity contribution in [3.05, 3.63) is 56.5 Å². The van der Waals surface area contributed by atoms with Gasteiger partial charge in [0.1, 0.15) is 11.5 Å². The molecule has 0 N–H and O–H groups in total. The third-order valence-electron chi connectivity index (χ3n) is 2.96. The van der Waals surface area contributed by atoms with Gasteiger partial charge in [-0.1, -0.05) is 23.2 Å². The number of halogens is 2. The van der Waals surface area contributed by atoms with E-state index in [-0.39, 0.29) is 5.78 Å². The van der Waals surface area contributed by atoms with Crippen molar-refractivity contribution in [3.8, 4) is 0 Å². The molecular formula is C14H12Cl2O2. The Balaban J connectivity index is 2.58. The van der Waals surface area contributed by atoms with Crippen molar-refractivity contribution in [2.75, 3.05) is 0 Å². The van der Waals surface area contributed by atoms with Gasteiger partial charge in [0.25, 0.3) is 0 Å². The highest BCUT2D eigenvalue weighted by atomic mass is 35.5. The number of hydrogen-bond donors (Lipinski definition) is 0. The van der Waals surface area contributed by atoms with Crippen LogP contribution >= 0.6 is 23.2 Å². The second-order valence-electron chi connectivity index (χ2n) is 4.17. The Kier molecular flexibility index (Phi) is 3.51. The smallest absolute Gasteiger partial charge is 0.198 e. The van der Waals surface area contributed by atoms with Gasteiger partial charge in [0.2, 0.25) is 0 Å². The molecule has 0 saturated carbocycles. The Morgan fingerprint density at radius 2 is 1.78 bits per heavy atom. The van der Waals surface area contributed by atoms with Crippen LogP contribution in [-0.4, -0.2) is 5.78 Å². The van der Waals surface area contributed by atoms with E-state index in [0.29, 0.717) is 26.9 Å². The third-order valence-corrected chi connectivity index (χ3v) is 3.53. The maximum Gasteiger partial charge on any atom is 0.198 e. The molecule has 2 nitrogen and oxygen atoms in total. The summed E-state index contributed by atoms with van der Waals surface area (Å²) in [5.41, 5.74) is 1.81. The average molecular weight is 283 g/mol. The van der Waals surface area contributed by atoms with Crippen molar-refractivity contribution in [3.63, 3.8) is 0 Å². The van der Waals surface area contributed by atoms with Gasteiger partial charge in [-0.3, -0.25) is 4.79 Å². The van der Waals surface area contributed by atoms with E-state index in [1.54, 1.807) is 25.1 Å². The molecule has 0 saturated heterocycles. The van der Waals surface area contributed by atoms with E-state index in [4.69, 9.17) is 27.6 Å². The van der Waals surface area contributed by atoms with Crippen LogP contribution in [0, 0.1) is 20.8 Å². The Morgan fingerprint density at radius 3 is 2.33 bits per heavy atom. The molecule has 1 aromatic carbocycles. The number of ketones is 1. The van der Waals surface area contributed by atoms with Gasteiger partial charge in [0.05, 0.1) is 10.6 Å². The largest absolute Gasteiger partial charge is 0.466 e. The first-order valence-corrected chi connectivity index (χ1v) is 6.23. The Bertz CT molecular complexity index is 627. The molecule has 18 heavy (non-hydrogen) atoms. The molecule has 2 aromatic rings. The lowest BCUT2D eigenvalue weighted by molar-refractivity contribution is 0.103. The zero-order valence-electron chi connectivity index (χ0n) is 10.3. The fourth-order valence-electron chi connectivity index (χ4n) is 1.93. The van der Waals surface area contributed by atoms with Crippen molar-refractivity contribution >= 4 is 29.0 Å². The highest BCUT2D eigenvalue weighted by molar-refractivity contribution is 6.36. The fraction of sp³-hybridized carbons (Fsp3) is 0.214. The predicted octanol–water partition coefficient (Wildman–Crippen LogP) is 4.74. The van der Waals surface area contributed by atoms with E-state index in [1.165, 1.54) is 0 Å². The minimum absolute atomic E-state index is 0.158. The van der Waals surface area contributed by atoms with Gasteiger partial charge in [-0.05, 0) is 39.0 Å². The van der Waals surface area contributed by atoms with E-state index in [1.807, 2.05) is 13.8 Å². The quantitative estimate of drug-likeness (QED) is 0.745. The molecule has 0 amide bonds. The van der Waals surface area contributed by atoms with Gasteiger partial charge in [0.15, 0.2) is 5.78 Å². The van der Waals surface area contributed by atoms with Gasteiger partial charge in [-0.15, -0.1) is 0 Å². The standard InChI is InChI=1S/C14H12Cl2O2/c1-7-8(2)18-9(3)13(7)14(17)11-6-10(15)4-5-12(11)16/h4-6H,1-3H3. The number of carbonyl (C=O) groups is 1. The third kappa shape index (κ3) is 2.18. The van der Waals surface area contributed by atoms with Crippen molar-refractivity contribution in [1.29, 1.82) is 0 Å². The van der Waals surface area contributed by atoms with E-state index in [9.17, 15) is 4.79 Å². The van der Waals surface area contributed by atoms with Gasteiger partial charge >= 0.3 is 0 Å². The van der Waals surface area contributed by atoms with Crippen LogP contribution in [0.1, 0.15) is 33.0 Å². The molecule has 0 aliphatic carbocycles. The van der Waals surface area contributed by atoms with Crippen LogP contribution in [0.2, 0.25) is 10.0 Å². The second kappa shape index (κ2) is 4.79. The normalized spacial score (nSPS) is 10.7. The number of furan rings is 1. The molecule has 0 atom stereocenters. The highest BCUT2D eigenvalue weighted by Gasteiger charge is 2.21. The lowest BCUT2D eigenvalue weighted by Crippen LogP contribution is -2.04. The fourth-order valence-corrected chi connectivity index (χ4v) is 2.31. The van der Waals surface area contributed by atoms with E-state index in [2.05, 4.69) is 0 Å². The van der Waals surface area contributed by atoms with Crippen molar-refractivity contribution < 1.29 is 9.21 Å². The summed E-state index contributed by atoms with van der Waals surface area (Å²) in [5.74, 6) is 1.19. The number of aryl methyl sites for hydroxylation is 2. The average Bonchev–Trinajstić information content (AvgIpc) is 2.56. The van der Waals surface area contributed by atoms with Crippen LogP contribution < -0.4 is 0 Å². The monoisotopic (exact) mass is 282 g/mol. The lowest BCUT2D eigenvalue weighted by Gasteiger charge is -2.04. The lowest BCUT2D eigenvalue weighted by atomic mass is 10.00. The molecule has 0 spiro atoms. The van der Waals surface area contributed by atoms with Gasteiger partial charge in [0, 0.05) is 16.1 Å². The number of rotatable bonds is 2. The van der Waals surface area contributed by atoms with Gasteiger partial charge in [-0.25, -0.2) is 0 Å². The van der Waals surface area contributed by atoms with E-state index < -0.39 is 0 Å². The van der Waals surface area contributed by atoms with Crippen molar-refractivity contribution in [2.45, 2.75) is 20.8 Å². The zero-order valence-corrected chi connectivity index (χ0v) is 11.8. The molecular weight excluding hydrogens is 271 g/mol. The summed E-state index contributed by atoms with van der Waals surface area (Å²) in [7, 11) is 0. The van der Waals surface area contributed by atoms with Crippen molar-refractivity contribution in [1.82, 2.24) is 0 Å². The molecule has 94 valence electrons. The molecule has 0 aliphatic heterocycles. The number of carbonyl (C=O) groups excluding carboxylic acids is 1. The summed E-state index contributed by atoms with van der Waals surface area (Å²) >= 11 is 11.9. The summed E-state index contributed by atoms with van der Waals surface area (Å²) in [5, 5.41) is 0.875. The van der Waals surface area contributed by atoms with Crippen LogP contribution in [0.5, 0.6) is 0 Å². The Hall–Kier alpha value is -1.25.